The zero-order chi connectivity index (χ0) is 14.4. The van der Waals surface area contributed by atoms with Gasteiger partial charge in [-0.05, 0) is 17.9 Å². The van der Waals surface area contributed by atoms with Crippen LogP contribution in [0, 0.1) is 6.07 Å². The molecule has 0 amide bonds. The molecule has 0 bridgehead atoms. The van der Waals surface area contributed by atoms with Crippen molar-refractivity contribution in [2.75, 3.05) is 0 Å². The number of rotatable bonds is 2. The molecule has 2 aromatic rings. The van der Waals surface area contributed by atoms with E-state index in [4.69, 9.17) is 0 Å². The smallest absolute Gasteiger partial charge is 0.00807 e. The molecule has 0 nitrogen and oxygen atoms in total. The molecule has 1 atom stereocenters. The quantitative estimate of drug-likeness (QED) is 0.374. The summed E-state index contributed by atoms with van der Waals surface area (Å²) in [5.41, 5.74) is 8.39. The Kier molecular flexibility index (Phi) is 7.72. The molecule has 124 valence electrons. The molecule has 1 unspecified atom stereocenters. The van der Waals surface area contributed by atoms with Crippen molar-refractivity contribution < 1.29 is 50.7 Å². The first-order valence-electron chi connectivity index (χ1n) is 7.76. The number of fused-ring (bicyclic) bond motifs is 3. The van der Waals surface area contributed by atoms with Gasteiger partial charge in [0.15, 0.2) is 0 Å². The third kappa shape index (κ3) is 3.50. The average molecular weight is 521 g/mol. The molecule has 4 rings (SSSR count). The molecule has 0 N–H and O–H groups in total. The van der Waals surface area contributed by atoms with Crippen molar-refractivity contribution >= 4 is 0 Å². The van der Waals surface area contributed by atoms with Gasteiger partial charge in [0.1, 0.15) is 0 Å². The Morgan fingerprint density at radius 3 is 2.42 bits per heavy atom. The monoisotopic (exact) mass is 521 g/mol. The second-order valence-corrected chi connectivity index (χ2v) is 6.29. The van der Waals surface area contributed by atoms with Crippen LogP contribution in [-0.2, 0) is 25.8 Å². The van der Waals surface area contributed by atoms with E-state index in [2.05, 4.69) is 74.5 Å². The Hall–Kier alpha value is -0.630. The van der Waals surface area contributed by atoms with E-state index < -0.39 is 0 Å². The van der Waals surface area contributed by atoms with Crippen LogP contribution in [0.4, 0.5) is 0 Å². The molecule has 0 heterocycles. The first-order chi connectivity index (χ1) is 10.3. The van der Waals surface area contributed by atoms with E-state index >= 15 is 0 Å². The summed E-state index contributed by atoms with van der Waals surface area (Å²) in [4.78, 5) is 0. The summed E-state index contributed by atoms with van der Waals surface area (Å²) >= 11 is 0. The Bertz CT molecular complexity index is 775. The van der Waals surface area contributed by atoms with Gasteiger partial charge in [0, 0.05) is 31.8 Å². The van der Waals surface area contributed by atoms with Crippen LogP contribution in [-0.4, -0.2) is 0 Å². The molecule has 0 aliphatic heterocycles. The minimum atomic E-state index is 0. The molecule has 2 aliphatic rings. The second-order valence-electron chi connectivity index (χ2n) is 6.29. The maximum Gasteiger partial charge on any atom is 0.00807 e. The van der Waals surface area contributed by atoms with Gasteiger partial charge >= 0.3 is 0 Å². The van der Waals surface area contributed by atoms with Crippen molar-refractivity contribution in [3.8, 4) is 11.1 Å². The van der Waals surface area contributed by atoms with Gasteiger partial charge in [-0.1, -0.05) is 67.5 Å². The summed E-state index contributed by atoms with van der Waals surface area (Å²) in [5.74, 6) is 0.917. The topological polar surface area (TPSA) is 0 Å². The van der Waals surface area contributed by atoms with Crippen LogP contribution in [0.25, 0.3) is 11.1 Å². The summed E-state index contributed by atoms with van der Waals surface area (Å²) in [6.45, 7) is 4.48. The van der Waals surface area contributed by atoms with Crippen molar-refractivity contribution in [2.24, 2.45) is 0 Å². The van der Waals surface area contributed by atoms with E-state index in [0.717, 1.165) is 6.42 Å². The molecular formula is C21H19Cl2Hf-3. The fourth-order valence-corrected chi connectivity index (χ4v) is 3.54. The molecule has 0 fully saturated rings. The van der Waals surface area contributed by atoms with Crippen molar-refractivity contribution in [3.63, 3.8) is 0 Å². The number of allylic oxidation sites excluding steroid dienone is 4. The maximum absolute atomic E-state index is 3.73. The standard InChI is InChI=1S/C21H19.2ClH.Hf/c1-14(2)16-11-12-18-17-9-5-6-10-19(17)21(20(18)13-16)15-7-3-4-8-15;;;/h3-7,9-12,14,21H,8H2,1-2H3;2*1H;/q-1;;;/p-2. The van der Waals surface area contributed by atoms with Crippen LogP contribution in [0.15, 0.2) is 60.2 Å². The predicted octanol–water partition coefficient (Wildman–Crippen LogP) is -0.386. The molecule has 2 aromatic carbocycles. The van der Waals surface area contributed by atoms with E-state index in [0.29, 0.717) is 11.8 Å². The minimum absolute atomic E-state index is 0. The maximum atomic E-state index is 3.73. The van der Waals surface area contributed by atoms with Crippen molar-refractivity contribution in [3.05, 3.63) is 83.0 Å². The first-order valence-corrected chi connectivity index (χ1v) is 7.76. The van der Waals surface area contributed by atoms with Crippen LogP contribution in [0.2, 0.25) is 0 Å². The van der Waals surface area contributed by atoms with Gasteiger partial charge in [0.2, 0.25) is 0 Å². The molecule has 0 saturated heterocycles. The van der Waals surface area contributed by atoms with Crippen LogP contribution in [0.5, 0.6) is 0 Å². The summed E-state index contributed by atoms with van der Waals surface area (Å²) in [6, 6.07) is 17.1. The molecule has 0 spiro atoms. The second kappa shape index (κ2) is 8.65. The molecule has 2 aliphatic carbocycles. The summed E-state index contributed by atoms with van der Waals surface area (Å²) in [5, 5.41) is 0. The van der Waals surface area contributed by atoms with Gasteiger partial charge < -0.3 is 24.8 Å². The summed E-state index contributed by atoms with van der Waals surface area (Å²) < 4.78 is 0. The Morgan fingerprint density at radius 1 is 1.00 bits per heavy atom. The normalized spacial score (nSPS) is 16.5. The first kappa shape index (κ1) is 21.4. The van der Waals surface area contributed by atoms with Gasteiger partial charge in [-0.3, -0.25) is 0 Å². The molecule has 0 radical (unpaired) electrons. The van der Waals surface area contributed by atoms with E-state index in [1.54, 1.807) is 0 Å². The average Bonchev–Trinajstić information content (AvgIpc) is 3.11. The van der Waals surface area contributed by atoms with Gasteiger partial charge in [-0.25, -0.2) is 0 Å². The number of halogens is 2. The zero-order valence-electron chi connectivity index (χ0n) is 13.8. The van der Waals surface area contributed by atoms with E-state index in [-0.39, 0.29) is 50.7 Å². The Morgan fingerprint density at radius 2 is 1.75 bits per heavy atom. The molecular weight excluding hydrogens is 502 g/mol. The number of benzene rings is 2. The van der Waals surface area contributed by atoms with E-state index in [1.165, 1.54) is 33.4 Å². The Balaban J connectivity index is 0.000000960. The van der Waals surface area contributed by atoms with Crippen molar-refractivity contribution in [1.82, 2.24) is 0 Å². The summed E-state index contributed by atoms with van der Waals surface area (Å²) in [6.07, 6.45) is 7.79. The van der Waals surface area contributed by atoms with E-state index in [1.807, 2.05) is 0 Å². The fourth-order valence-electron chi connectivity index (χ4n) is 3.54. The third-order valence-electron chi connectivity index (χ3n) is 4.64. The largest absolute Gasteiger partial charge is 1.00 e. The molecule has 0 saturated carbocycles. The van der Waals surface area contributed by atoms with Gasteiger partial charge in [-0.15, -0.1) is 11.1 Å². The molecule has 0 aromatic heterocycles. The zero-order valence-corrected chi connectivity index (χ0v) is 18.9. The van der Waals surface area contributed by atoms with Gasteiger partial charge in [-0.2, -0.15) is 23.8 Å². The number of hydrogen-bond acceptors (Lipinski definition) is 0. The van der Waals surface area contributed by atoms with Crippen LogP contribution in [0.3, 0.4) is 0 Å². The van der Waals surface area contributed by atoms with E-state index in [9.17, 15) is 0 Å². The van der Waals surface area contributed by atoms with Crippen LogP contribution < -0.4 is 24.8 Å². The minimum Gasteiger partial charge on any atom is -1.00 e. The van der Waals surface area contributed by atoms with Crippen LogP contribution >= 0.6 is 0 Å². The Labute approximate surface area is 176 Å². The number of hydrogen-bond donors (Lipinski definition) is 0. The van der Waals surface area contributed by atoms with Crippen molar-refractivity contribution in [2.45, 2.75) is 32.1 Å². The molecule has 24 heavy (non-hydrogen) atoms. The SMILES string of the molecule is CC(C)c1[c-]c2c(cc1)-c1ccccc1C2C1=CC=CC1.[Cl-].[Cl-].[Hf]. The van der Waals surface area contributed by atoms with Gasteiger partial charge in [0.05, 0.1) is 0 Å². The summed E-state index contributed by atoms with van der Waals surface area (Å²) in [7, 11) is 0. The third-order valence-corrected chi connectivity index (χ3v) is 4.64. The predicted molar refractivity (Wildman–Crippen MR) is 88.5 cm³/mol. The molecule has 3 heteroatoms. The van der Waals surface area contributed by atoms with Gasteiger partial charge in [0.25, 0.3) is 0 Å². The van der Waals surface area contributed by atoms with Crippen molar-refractivity contribution in [1.29, 1.82) is 0 Å². The fraction of sp³-hybridized carbons (Fsp3) is 0.238. The van der Waals surface area contributed by atoms with Crippen LogP contribution in [0.1, 0.15) is 48.8 Å².